The molecule has 4 rings (SSSR count). The van der Waals surface area contributed by atoms with E-state index in [0.717, 1.165) is 54.7 Å². The number of hydrogen-bond donors (Lipinski definition) is 2. The highest BCUT2D eigenvalue weighted by Gasteiger charge is 2.27. The first-order valence-corrected chi connectivity index (χ1v) is 9.69. The highest BCUT2D eigenvalue weighted by molar-refractivity contribution is 7.16. The van der Waals surface area contributed by atoms with Crippen LogP contribution in [0.5, 0.6) is 0 Å². The lowest BCUT2D eigenvalue weighted by Crippen LogP contribution is -2.53. The molecule has 1 aromatic heterocycles. The molecule has 26 heavy (non-hydrogen) atoms. The van der Waals surface area contributed by atoms with Crippen molar-refractivity contribution in [3.63, 3.8) is 0 Å². The van der Waals surface area contributed by atoms with E-state index in [1.54, 1.807) is 24.5 Å². The van der Waals surface area contributed by atoms with Gasteiger partial charge in [0.1, 0.15) is 16.7 Å². The normalized spacial score (nSPS) is 19.3. The summed E-state index contributed by atoms with van der Waals surface area (Å²) in [5.74, 6) is 0.706. The van der Waals surface area contributed by atoms with Gasteiger partial charge in [-0.25, -0.2) is 9.38 Å². The molecule has 0 amide bonds. The van der Waals surface area contributed by atoms with E-state index in [1.807, 2.05) is 0 Å². The molecule has 0 saturated carbocycles. The molecule has 0 radical (unpaired) electrons. The fraction of sp³-hybridized carbons (Fsp3) is 0.421. The summed E-state index contributed by atoms with van der Waals surface area (Å²) in [7, 11) is 1.73. The minimum Gasteiger partial charge on any atom is -0.385 e. The number of aryl methyl sites for hydroxylation is 1. The summed E-state index contributed by atoms with van der Waals surface area (Å²) in [5, 5.41) is 7.96. The van der Waals surface area contributed by atoms with Gasteiger partial charge in [-0.05, 0) is 37.6 Å². The third-order valence-corrected chi connectivity index (χ3v) is 5.72. The number of fused-ring (bicyclic) bond motifs is 2. The molecule has 1 saturated heterocycles. The number of nitrogens with zero attached hydrogens (tertiary/aromatic N) is 2. The van der Waals surface area contributed by atoms with E-state index in [2.05, 4.69) is 28.5 Å². The number of aliphatic imine (C=N–C) groups is 1. The van der Waals surface area contributed by atoms with Gasteiger partial charge in [-0.3, -0.25) is 0 Å². The van der Waals surface area contributed by atoms with Crippen molar-refractivity contribution < 1.29 is 9.13 Å². The summed E-state index contributed by atoms with van der Waals surface area (Å²) in [5.41, 5.74) is 2.58. The van der Waals surface area contributed by atoms with Gasteiger partial charge in [0.25, 0.3) is 0 Å². The van der Waals surface area contributed by atoms with Gasteiger partial charge >= 0.3 is 0 Å². The molecule has 2 aliphatic rings. The lowest BCUT2D eigenvalue weighted by Gasteiger charge is -2.35. The lowest BCUT2D eigenvalue weighted by molar-refractivity contribution is 0.168. The van der Waals surface area contributed by atoms with E-state index in [0.29, 0.717) is 11.7 Å². The van der Waals surface area contributed by atoms with Crippen LogP contribution < -0.4 is 10.6 Å². The van der Waals surface area contributed by atoms with Crippen molar-refractivity contribution in [3.05, 3.63) is 40.5 Å². The maximum absolute atomic E-state index is 13.7. The quantitative estimate of drug-likeness (QED) is 0.861. The Labute approximate surface area is 156 Å². The first kappa shape index (κ1) is 17.5. The van der Waals surface area contributed by atoms with Crippen LogP contribution in [0.3, 0.4) is 0 Å². The van der Waals surface area contributed by atoms with E-state index in [-0.39, 0.29) is 5.82 Å². The van der Waals surface area contributed by atoms with Crippen molar-refractivity contribution in [2.24, 2.45) is 4.99 Å². The van der Waals surface area contributed by atoms with E-state index >= 15 is 0 Å². The first-order chi connectivity index (χ1) is 12.6. The van der Waals surface area contributed by atoms with E-state index in [9.17, 15) is 4.39 Å². The van der Waals surface area contributed by atoms with Crippen molar-refractivity contribution in [1.82, 2.24) is 10.2 Å². The van der Waals surface area contributed by atoms with Gasteiger partial charge in [0, 0.05) is 44.3 Å². The average Bonchev–Trinajstić information content (AvgIpc) is 2.92. The van der Waals surface area contributed by atoms with Crippen LogP contribution in [0.1, 0.15) is 16.9 Å². The number of hydrogen-bond acceptors (Lipinski definition) is 6. The molecule has 1 atom stereocenters. The van der Waals surface area contributed by atoms with Crippen LogP contribution in [0.25, 0.3) is 0 Å². The molecule has 1 fully saturated rings. The van der Waals surface area contributed by atoms with Crippen LogP contribution in [-0.4, -0.2) is 50.1 Å². The number of halogens is 1. The monoisotopic (exact) mass is 374 g/mol. The summed E-state index contributed by atoms with van der Waals surface area (Å²) >= 11 is 1.68. The van der Waals surface area contributed by atoms with Gasteiger partial charge in [0.05, 0.1) is 16.9 Å². The second-order valence-electron chi connectivity index (χ2n) is 6.70. The zero-order valence-corrected chi connectivity index (χ0v) is 15.8. The molecular formula is C19H23FN4OS. The first-order valence-electron chi connectivity index (χ1n) is 8.87. The van der Waals surface area contributed by atoms with Gasteiger partial charge < -0.3 is 20.3 Å². The SMILES string of the molecule is COCCC1CN(C2=Nc3ccc(F)cc3Nc3sc(C)cc32)CCN1. The van der Waals surface area contributed by atoms with Crippen LogP contribution in [0.4, 0.5) is 20.8 Å². The molecule has 5 nitrogen and oxygen atoms in total. The maximum atomic E-state index is 13.7. The largest absolute Gasteiger partial charge is 0.385 e. The fourth-order valence-electron chi connectivity index (χ4n) is 3.49. The van der Waals surface area contributed by atoms with Crippen LogP contribution in [0, 0.1) is 12.7 Å². The molecule has 2 aliphatic heterocycles. The van der Waals surface area contributed by atoms with Crippen molar-refractivity contribution in [3.8, 4) is 0 Å². The smallest absolute Gasteiger partial charge is 0.139 e. The fourth-order valence-corrected chi connectivity index (χ4v) is 4.41. The molecule has 7 heteroatoms. The third-order valence-electron chi connectivity index (χ3n) is 4.75. The zero-order valence-electron chi connectivity index (χ0n) is 15.0. The van der Waals surface area contributed by atoms with Gasteiger partial charge in [-0.1, -0.05) is 0 Å². The maximum Gasteiger partial charge on any atom is 0.139 e. The van der Waals surface area contributed by atoms with Gasteiger partial charge in [0.15, 0.2) is 0 Å². The Morgan fingerprint density at radius 2 is 2.27 bits per heavy atom. The average molecular weight is 374 g/mol. The molecule has 0 aliphatic carbocycles. The summed E-state index contributed by atoms with van der Waals surface area (Å²) < 4.78 is 18.9. The van der Waals surface area contributed by atoms with Crippen molar-refractivity contribution >= 4 is 33.5 Å². The molecule has 0 bridgehead atoms. The number of rotatable bonds is 3. The number of ether oxygens (including phenoxy) is 1. The number of anilines is 2. The summed E-state index contributed by atoms with van der Waals surface area (Å²) in [6, 6.07) is 7.26. The number of benzene rings is 1. The summed E-state index contributed by atoms with van der Waals surface area (Å²) in [6.45, 7) is 5.52. The van der Waals surface area contributed by atoms with Crippen molar-refractivity contribution in [1.29, 1.82) is 0 Å². The lowest BCUT2D eigenvalue weighted by atomic mass is 10.1. The Morgan fingerprint density at radius 3 is 3.12 bits per heavy atom. The second-order valence-corrected chi connectivity index (χ2v) is 7.96. The molecule has 1 unspecified atom stereocenters. The minimum absolute atomic E-state index is 0.258. The van der Waals surface area contributed by atoms with E-state index < -0.39 is 0 Å². The standard InChI is InChI=1S/C19H23FN4OS/c1-12-9-15-18(24-7-6-21-14(11-24)5-8-25-2)22-16-4-3-13(20)10-17(16)23-19(15)26-12/h3-4,9-10,14,21,23H,5-8,11H2,1-2H3. The number of methoxy groups -OCH3 is 1. The number of amidine groups is 1. The highest BCUT2D eigenvalue weighted by Crippen LogP contribution is 2.39. The number of nitrogens with one attached hydrogen (secondary N) is 2. The Morgan fingerprint density at radius 1 is 1.38 bits per heavy atom. The Bertz CT molecular complexity index is 835. The molecular weight excluding hydrogens is 351 g/mol. The predicted molar refractivity (Wildman–Crippen MR) is 105 cm³/mol. The van der Waals surface area contributed by atoms with E-state index in [4.69, 9.17) is 9.73 Å². The van der Waals surface area contributed by atoms with Crippen molar-refractivity contribution in [2.45, 2.75) is 19.4 Å². The van der Waals surface area contributed by atoms with Crippen LogP contribution >= 0.6 is 11.3 Å². The molecule has 3 heterocycles. The van der Waals surface area contributed by atoms with Crippen LogP contribution in [-0.2, 0) is 4.74 Å². The Kier molecular flexibility index (Phi) is 4.93. The molecule has 2 N–H and O–H groups in total. The number of thiophene rings is 1. The zero-order chi connectivity index (χ0) is 18.1. The number of piperazine rings is 1. The summed E-state index contributed by atoms with van der Waals surface area (Å²) in [6.07, 6.45) is 0.968. The molecule has 2 aromatic rings. The topological polar surface area (TPSA) is 48.9 Å². The molecule has 1 aromatic carbocycles. The van der Waals surface area contributed by atoms with E-state index in [1.165, 1.54) is 17.0 Å². The van der Waals surface area contributed by atoms with Gasteiger partial charge in [-0.15, -0.1) is 11.3 Å². The molecule has 0 spiro atoms. The minimum atomic E-state index is -0.258. The van der Waals surface area contributed by atoms with Crippen LogP contribution in [0.2, 0.25) is 0 Å². The van der Waals surface area contributed by atoms with Gasteiger partial charge in [0.2, 0.25) is 0 Å². The Hall–Kier alpha value is -1.96. The van der Waals surface area contributed by atoms with Crippen LogP contribution in [0.15, 0.2) is 29.3 Å². The molecule has 138 valence electrons. The third kappa shape index (κ3) is 3.47. The second kappa shape index (κ2) is 7.34. The van der Waals surface area contributed by atoms with Crippen molar-refractivity contribution in [2.75, 3.05) is 38.7 Å². The Balaban J connectivity index is 1.71. The summed E-state index contributed by atoms with van der Waals surface area (Å²) in [4.78, 5) is 8.48. The van der Waals surface area contributed by atoms with Gasteiger partial charge in [-0.2, -0.15) is 0 Å². The highest BCUT2D eigenvalue weighted by atomic mass is 32.1. The predicted octanol–water partition coefficient (Wildman–Crippen LogP) is 3.64.